The second-order valence-electron chi connectivity index (χ2n) is 10.9. The number of hydrogen-bond donors (Lipinski definition) is 1. The van der Waals surface area contributed by atoms with E-state index >= 15 is 0 Å². The lowest BCUT2D eigenvalue weighted by atomic mass is 10.1. The first-order chi connectivity index (χ1) is 19.3. The maximum atomic E-state index is 14.1. The van der Waals surface area contributed by atoms with Crippen LogP contribution in [0.1, 0.15) is 43.0 Å². The molecule has 3 aromatic rings. The number of carbonyl (C=O) groups excluding carboxylic acids is 2. The van der Waals surface area contributed by atoms with Gasteiger partial charge in [0.2, 0.25) is 11.8 Å². The molecule has 3 rings (SSSR count). The van der Waals surface area contributed by atoms with Crippen LogP contribution in [0.15, 0.2) is 71.6 Å². The van der Waals surface area contributed by atoms with E-state index in [4.69, 9.17) is 4.74 Å². The van der Waals surface area contributed by atoms with E-state index in [1.54, 1.807) is 62.6 Å². The highest BCUT2D eigenvalue weighted by Crippen LogP contribution is 2.27. The highest BCUT2D eigenvalue weighted by atomic mass is 32.2. The Kier molecular flexibility index (Phi) is 10.6. The summed E-state index contributed by atoms with van der Waals surface area (Å²) in [5.74, 6) is 0.0962. The van der Waals surface area contributed by atoms with Crippen molar-refractivity contribution in [3.8, 4) is 5.75 Å². The Labute approximate surface area is 244 Å². The van der Waals surface area contributed by atoms with Crippen molar-refractivity contribution in [2.24, 2.45) is 5.92 Å². The van der Waals surface area contributed by atoms with Gasteiger partial charge in [-0.25, -0.2) is 8.42 Å². The van der Waals surface area contributed by atoms with Crippen molar-refractivity contribution in [1.29, 1.82) is 0 Å². The number of carbonyl (C=O) groups is 2. The van der Waals surface area contributed by atoms with Crippen molar-refractivity contribution in [2.45, 2.75) is 59.0 Å². The minimum absolute atomic E-state index is 0.0829. The summed E-state index contributed by atoms with van der Waals surface area (Å²) in [4.78, 5) is 28.7. The van der Waals surface area contributed by atoms with Crippen LogP contribution < -0.4 is 14.4 Å². The minimum atomic E-state index is -4.11. The first-order valence-electron chi connectivity index (χ1n) is 13.7. The molecule has 1 N–H and O–H groups in total. The zero-order valence-corrected chi connectivity index (χ0v) is 25.8. The van der Waals surface area contributed by atoms with Gasteiger partial charge in [-0.2, -0.15) is 0 Å². The second kappa shape index (κ2) is 13.7. The Morgan fingerprint density at radius 1 is 0.854 bits per heavy atom. The third kappa shape index (κ3) is 8.33. The first kappa shape index (κ1) is 31.7. The molecule has 0 aliphatic carbocycles. The number of aryl methyl sites for hydroxylation is 3. The molecule has 0 fully saturated rings. The van der Waals surface area contributed by atoms with E-state index in [0.29, 0.717) is 18.0 Å². The minimum Gasteiger partial charge on any atom is -0.497 e. The van der Waals surface area contributed by atoms with Crippen molar-refractivity contribution in [3.63, 3.8) is 0 Å². The van der Waals surface area contributed by atoms with Crippen LogP contribution in [0.2, 0.25) is 0 Å². The van der Waals surface area contributed by atoms with Crippen LogP contribution in [0, 0.1) is 26.7 Å². The summed E-state index contributed by atoms with van der Waals surface area (Å²) in [6.07, 6.45) is 0. The molecule has 0 saturated carbocycles. The Morgan fingerprint density at radius 3 is 1.98 bits per heavy atom. The molecule has 0 spiro atoms. The van der Waals surface area contributed by atoms with Crippen LogP contribution in [0.3, 0.4) is 0 Å². The van der Waals surface area contributed by atoms with Crippen LogP contribution in [0.25, 0.3) is 0 Å². The number of rotatable bonds is 12. The fourth-order valence-electron chi connectivity index (χ4n) is 4.42. The molecule has 0 aliphatic heterocycles. The van der Waals surface area contributed by atoms with Crippen molar-refractivity contribution in [2.75, 3.05) is 24.5 Å². The topological polar surface area (TPSA) is 96.0 Å². The lowest BCUT2D eigenvalue weighted by molar-refractivity contribution is -0.139. The summed E-state index contributed by atoms with van der Waals surface area (Å²) in [6, 6.07) is 18.4. The van der Waals surface area contributed by atoms with Gasteiger partial charge in [-0.05, 0) is 86.7 Å². The third-order valence-electron chi connectivity index (χ3n) is 6.75. The fraction of sp³-hybridized carbons (Fsp3) is 0.375. The molecule has 1 atom stereocenters. The first-order valence-corrected chi connectivity index (χ1v) is 15.1. The molecule has 0 radical (unpaired) electrons. The number of methoxy groups -OCH3 is 1. The second-order valence-corrected chi connectivity index (χ2v) is 12.7. The van der Waals surface area contributed by atoms with Gasteiger partial charge >= 0.3 is 0 Å². The van der Waals surface area contributed by atoms with E-state index in [1.165, 1.54) is 4.90 Å². The molecular formula is C32H41N3O5S. The third-order valence-corrected chi connectivity index (χ3v) is 8.53. The number of anilines is 1. The van der Waals surface area contributed by atoms with Crippen molar-refractivity contribution >= 4 is 27.5 Å². The molecule has 2 amide bonds. The summed E-state index contributed by atoms with van der Waals surface area (Å²) >= 11 is 0. The van der Waals surface area contributed by atoms with Crippen molar-refractivity contribution < 1.29 is 22.7 Å². The van der Waals surface area contributed by atoms with E-state index < -0.39 is 28.5 Å². The summed E-state index contributed by atoms with van der Waals surface area (Å²) < 4.78 is 34.4. The summed E-state index contributed by atoms with van der Waals surface area (Å²) in [7, 11) is -2.54. The number of nitrogens with one attached hydrogen (secondary N) is 1. The maximum Gasteiger partial charge on any atom is 0.264 e. The molecule has 0 bridgehead atoms. The molecule has 8 nitrogen and oxygen atoms in total. The SMILES string of the molecule is COc1ccc(CN(C(=O)CN(c2cc(C)cc(C)c2)S(=O)(=O)c2ccc(C)cc2)[C@H](C)C(=O)NCC(C)C)cc1. The van der Waals surface area contributed by atoms with Gasteiger partial charge < -0.3 is 15.0 Å². The van der Waals surface area contributed by atoms with Gasteiger partial charge in [0.05, 0.1) is 17.7 Å². The zero-order valence-electron chi connectivity index (χ0n) is 25.0. The van der Waals surface area contributed by atoms with Crippen molar-refractivity contribution in [3.05, 3.63) is 89.0 Å². The molecule has 0 saturated heterocycles. The molecule has 0 aromatic heterocycles. The fourth-order valence-corrected chi connectivity index (χ4v) is 5.82. The van der Waals surface area contributed by atoms with E-state index in [1.807, 2.05) is 52.8 Å². The van der Waals surface area contributed by atoms with Gasteiger partial charge in [-0.15, -0.1) is 0 Å². The Balaban J connectivity index is 2.04. The van der Waals surface area contributed by atoms with Crippen LogP contribution in [0.5, 0.6) is 5.75 Å². The normalized spacial score (nSPS) is 12.1. The van der Waals surface area contributed by atoms with Gasteiger partial charge in [-0.3, -0.25) is 13.9 Å². The molecule has 0 aliphatic rings. The summed E-state index contributed by atoms with van der Waals surface area (Å²) in [6.45, 7) is 11.4. The summed E-state index contributed by atoms with van der Waals surface area (Å²) in [5.41, 5.74) is 3.82. The average molecular weight is 580 g/mol. The number of hydrogen-bond acceptors (Lipinski definition) is 5. The number of nitrogens with zero attached hydrogens (tertiary/aromatic N) is 2. The predicted molar refractivity (Wildman–Crippen MR) is 162 cm³/mol. The molecule has 0 heterocycles. The molecule has 3 aromatic carbocycles. The van der Waals surface area contributed by atoms with Gasteiger partial charge in [0.25, 0.3) is 10.0 Å². The molecular weight excluding hydrogens is 538 g/mol. The van der Waals surface area contributed by atoms with Gasteiger partial charge in [0.15, 0.2) is 0 Å². The van der Waals surface area contributed by atoms with Gasteiger partial charge in [-0.1, -0.05) is 49.7 Å². The van der Waals surface area contributed by atoms with Crippen LogP contribution in [-0.2, 0) is 26.2 Å². The van der Waals surface area contributed by atoms with Crippen LogP contribution >= 0.6 is 0 Å². The molecule has 9 heteroatoms. The molecule has 0 unspecified atom stereocenters. The van der Waals surface area contributed by atoms with Gasteiger partial charge in [0.1, 0.15) is 18.3 Å². The summed E-state index contributed by atoms with van der Waals surface area (Å²) in [5, 5.41) is 2.90. The number of ether oxygens (including phenoxy) is 1. The number of sulfonamides is 1. The average Bonchev–Trinajstić information content (AvgIpc) is 2.92. The Morgan fingerprint density at radius 2 is 1.44 bits per heavy atom. The number of benzene rings is 3. The Hall–Kier alpha value is -3.85. The molecule has 41 heavy (non-hydrogen) atoms. The largest absolute Gasteiger partial charge is 0.497 e. The highest BCUT2D eigenvalue weighted by molar-refractivity contribution is 7.92. The quantitative estimate of drug-likeness (QED) is 0.326. The van der Waals surface area contributed by atoms with Gasteiger partial charge in [0, 0.05) is 13.1 Å². The molecule has 220 valence electrons. The maximum absolute atomic E-state index is 14.1. The number of amides is 2. The van der Waals surface area contributed by atoms with E-state index in [9.17, 15) is 18.0 Å². The highest BCUT2D eigenvalue weighted by Gasteiger charge is 2.32. The van der Waals surface area contributed by atoms with Crippen LogP contribution in [-0.4, -0.2) is 51.4 Å². The monoisotopic (exact) mass is 579 g/mol. The predicted octanol–water partition coefficient (Wildman–Crippen LogP) is 5.01. The van der Waals surface area contributed by atoms with E-state index in [-0.39, 0.29) is 23.3 Å². The standard InChI is InChI=1S/C32H41N3O5S/c1-22(2)19-33-32(37)26(6)34(20-27-10-12-29(40-7)13-11-27)31(36)21-35(28-17-24(4)16-25(5)18-28)41(38,39)30-14-8-23(3)9-15-30/h8-18,22,26H,19-21H2,1-7H3,(H,33,37)/t26-/m1/s1. The van der Waals surface area contributed by atoms with Crippen LogP contribution in [0.4, 0.5) is 5.69 Å². The van der Waals surface area contributed by atoms with E-state index in [0.717, 1.165) is 26.6 Å². The van der Waals surface area contributed by atoms with E-state index in [2.05, 4.69) is 5.32 Å². The Bertz CT molecular complexity index is 1430. The lowest BCUT2D eigenvalue weighted by Gasteiger charge is -2.32. The zero-order chi connectivity index (χ0) is 30.3. The van der Waals surface area contributed by atoms with Crippen molar-refractivity contribution in [1.82, 2.24) is 10.2 Å². The lowest BCUT2D eigenvalue weighted by Crippen LogP contribution is -2.51. The smallest absolute Gasteiger partial charge is 0.264 e.